The Labute approximate surface area is 172 Å². The van der Waals surface area contributed by atoms with E-state index < -0.39 is 0 Å². The zero-order valence-corrected chi connectivity index (χ0v) is 17.1. The van der Waals surface area contributed by atoms with Gasteiger partial charge in [-0.1, -0.05) is 0 Å². The fourth-order valence-electron chi connectivity index (χ4n) is 3.24. The minimum absolute atomic E-state index is 0. The summed E-state index contributed by atoms with van der Waals surface area (Å²) in [5, 5.41) is 9.13. The molecule has 7 nitrogen and oxygen atoms in total. The highest BCUT2D eigenvalue weighted by atomic mass is 35.5. The van der Waals surface area contributed by atoms with E-state index in [-0.39, 0.29) is 30.8 Å². The molecule has 0 unspecified atom stereocenters. The molecule has 2 amide bonds. The molecule has 0 aromatic heterocycles. The fraction of sp³-hybridized carbons (Fsp3) is 0.600. The highest BCUT2D eigenvalue weighted by molar-refractivity contribution is 5.91. The summed E-state index contributed by atoms with van der Waals surface area (Å²) in [7, 11) is 1.55. The first-order valence-electron chi connectivity index (χ1n) is 9.75. The summed E-state index contributed by atoms with van der Waals surface area (Å²) >= 11 is 0. The maximum absolute atomic E-state index is 12.3. The number of piperidine rings is 1. The number of benzene rings is 1. The van der Waals surface area contributed by atoms with Crippen molar-refractivity contribution in [2.75, 3.05) is 32.1 Å². The number of hydrogen-bond acceptors (Lipinski definition) is 5. The Hall–Kier alpha value is -1.99. The summed E-state index contributed by atoms with van der Waals surface area (Å²) < 4.78 is 10.9. The summed E-state index contributed by atoms with van der Waals surface area (Å²) in [4.78, 5) is 24.1. The molecule has 1 saturated heterocycles. The summed E-state index contributed by atoms with van der Waals surface area (Å²) in [6.45, 7) is 2.01. The molecule has 1 aliphatic heterocycles. The van der Waals surface area contributed by atoms with Gasteiger partial charge < -0.3 is 25.4 Å². The molecular formula is C20H30ClN3O4. The van der Waals surface area contributed by atoms with Crippen molar-refractivity contribution in [1.82, 2.24) is 10.6 Å². The van der Waals surface area contributed by atoms with E-state index in [2.05, 4.69) is 16.0 Å². The second-order valence-electron chi connectivity index (χ2n) is 7.28. The molecule has 1 aromatic carbocycles. The molecule has 0 spiro atoms. The molecule has 156 valence electrons. The van der Waals surface area contributed by atoms with Gasteiger partial charge in [-0.25, -0.2) is 0 Å². The Kier molecular flexibility index (Phi) is 8.86. The van der Waals surface area contributed by atoms with Gasteiger partial charge in [0.15, 0.2) is 18.1 Å². The first-order chi connectivity index (χ1) is 13.1. The largest absolute Gasteiger partial charge is 0.493 e. The molecule has 1 saturated carbocycles. The molecule has 0 radical (unpaired) electrons. The number of halogens is 1. The predicted octanol–water partition coefficient (Wildman–Crippen LogP) is 2.49. The molecule has 3 rings (SSSR count). The van der Waals surface area contributed by atoms with Crippen molar-refractivity contribution in [3.05, 3.63) is 18.2 Å². The van der Waals surface area contributed by atoms with Gasteiger partial charge >= 0.3 is 0 Å². The van der Waals surface area contributed by atoms with E-state index >= 15 is 0 Å². The standard InChI is InChI=1S/C20H29N3O4.ClH/c1-26-17-6-5-16(12-18(17)27-13-20(25)22-15-3-4-15)23-19(24)7-2-14-8-10-21-11-9-14;/h5-6,12,14-15,21H,2-4,7-11,13H2,1H3,(H,22,25)(H,23,24);1H. The van der Waals surface area contributed by atoms with Crippen molar-refractivity contribution in [3.8, 4) is 11.5 Å². The minimum atomic E-state index is -0.143. The topological polar surface area (TPSA) is 88.7 Å². The SMILES string of the molecule is COc1ccc(NC(=O)CCC2CCNCC2)cc1OCC(=O)NC1CC1.Cl. The summed E-state index contributed by atoms with van der Waals surface area (Å²) in [5.41, 5.74) is 0.642. The quantitative estimate of drug-likeness (QED) is 0.581. The lowest BCUT2D eigenvalue weighted by molar-refractivity contribution is -0.123. The Bertz CT molecular complexity index is 661. The van der Waals surface area contributed by atoms with Gasteiger partial charge in [0.25, 0.3) is 5.91 Å². The lowest BCUT2D eigenvalue weighted by atomic mass is 9.93. The smallest absolute Gasteiger partial charge is 0.258 e. The Balaban J connectivity index is 0.00000280. The van der Waals surface area contributed by atoms with E-state index in [9.17, 15) is 9.59 Å². The van der Waals surface area contributed by atoms with Crippen LogP contribution in [0.25, 0.3) is 0 Å². The average Bonchev–Trinajstić information content (AvgIpc) is 3.49. The second-order valence-corrected chi connectivity index (χ2v) is 7.28. The van der Waals surface area contributed by atoms with Crippen molar-refractivity contribution in [1.29, 1.82) is 0 Å². The Morgan fingerprint density at radius 2 is 1.86 bits per heavy atom. The van der Waals surface area contributed by atoms with Crippen LogP contribution in [0.2, 0.25) is 0 Å². The maximum atomic E-state index is 12.3. The van der Waals surface area contributed by atoms with Gasteiger partial charge in [0.05, 0.1) is 7.11 Å². The van der Waals surface area contributed by atoms with E-state index in [1.165, 1.54) is 0 Å². The predicted molar refractivity (Wildman–Crippen MR) is 110 cm³/mol. The normalized spacial score (nSPS) is 16.6. The van der Waals surface area contributed by atoms with Crippen LogP contribution in [0.4, 0.5) is 5.69 Å². The summed E-state index contributed by atoms with van der Waals surface area (Å²) in [5.74, 6) is 1.45. The lowest BCUT2D eigenvalue weighted by Crippen LogP contribution is -2.30. The monoisotopic (exact) mass is 411 g/mol. The van der Waals surface area contributed by atoms with Gasteiger partial charge in [-0.15, -0.1) is 12.4 Å². The van der Waals surface area contributed by atoms with Crippen LogP contribution in [0.15, 0.2) is 18.2 Å². The molecule has 28 heavy (non-hydrogen) atoms. The van der Waals surface area contributed by atoms with Crippen LogP contribution in [0.1, 0.15) is 38.5 Å². The van der Waals surface area contributed by atoms with Crippen LogP contribution in [0.5, 0.6) is 11.5 Å². The fourth-order valence-corrected chi connectivity index (χ4v) is 3.24. The molecule has 0 atom stereocenters. The van der Waals surface area contributed by atoms with E-state index in [1.54, 1.807) is 25.3 Å². The van der Waals surface area contributed by atoms with Gasteiger partial charge in [-0.2, -0.15) is 0 Å². The zero-order chi connectivity index (χ0) is 19.1. The van der Waals surface area contributed by atoms with Crippen LogP contribution in [-0.4, -0.2) is 44.7 Å². The molecule has 8 heteroatoms. The Morgan fingerprint density at radius 3 is 2.54 bits per heavy atom. The molecule has 0 bridgehead atoms. The van der Waals surface area contributed by atoms with Crippen LogP contribution in [-0.2, 0) is 9.59 Å². The number of methoxy groups -OCH3 is 1. The first kappa shape index (κ1) is 22.3. The van der Waals surface area contributed by atoms with Crippen molar-refractivity contribution < 1.29 is 19.1 Å². The number of nitrogens with one attached hydrogen (secondary N) is 3. The third-order valence-corrected chi connectivity index (χ3v) is 4.99. The number of carbonyl (C=O) groups excluding carboxylic acids is 2. The van der Waals surface area contributed by atoms with Crippen LogP contribution < -0.4 is 25.4 Å². The number of amides is 2. The third kappa shape index (κ3) is 7.20. The molecule has 2 aliphatic rings. The van der Waals surface area contributed by atoms with E-state index in [4.69, 9.17) is 9.47 Å². The van der Waals surface area contributed by atoms with Crippen molar-refractivity contribution in [3.63, 3.8) is 0 Å². The lowest BCUT2D eigenvalue weighted by Gasteiger charge is -2.22. The highest BCUT2D eigenvalue weighted by Crippen LogP contribution is 2.30. The summed E-state index contributed by atoms with van der Waals surface area (Å²) in [6.07, 6.45) is 5.76. The van der Waals surface area contributed by atoms with Crippen LogP contribution in [0.3, 0.4) is 0 Å². The van der Waals surface area contributed by atoms with Gasteiger partial charge in [0.1, 0.15) is 0 Å². The third-order valence-electron chi connectivity index (χ3n) is 4.99. The van der Waals surface area contributed by atoms with Crippen molar-refractivity contribution in [2.45, 2.75) is 44.6 Å². The van der Waals surface area contributed by atoms with E-state index in [0.29, 0.717) is 35.6 Å². The molecular weight excluding hydrogens is 382 g/mol. The van der Waals surface area contributed by atoms with Gasteiger partial charge in [-0.3, -0.25) is 9.59 Å². The molecule has 1 heterocycles. The minimum Gasteiger partial charge on any atom is -0.493 e. The van der Waals surface area contributed by atoms with Crippen LogP contribution in [0, 0.1) is 5.92 Å². The van der Waals surface area contributed by atoms with Gasteiger partial charge in [-0.05, 0) is 63.2 Å². The molecule has 1 aromatic rings. The van der Waals surface area contributed by atoms with Gasteiger partial charge in [0, 0.05) is 24.2 Å². The maximum Gasteiger partial charge on any atom is 0.258 e. The number of ether oxygens (including phenoxy) is 2. The van der Waals surface area contributed by atoms with Crippen molar-refractivity contribution >= 4 is 29.9 Å². The average molecular weight is 412 g/mol. The van der Waals surface area contributed by atoms with E-state index in [1.807, 2.05) is 0 Å². The molecule has 1 aliphatic carbocycles. The molecule has 2 fully saturated rings. The first-order valence-corrected chi connectivity index (χ1v) is 9.75. The van der Waals surface area contributed by atoms with Gasteiger partial charge in [0.2, 0.25) is 5.91 Å². The Morgan fingerprint density at radius 1 is 1.11 bits per heavy atom. The number of carbonyl (C=O) groups is 2. The number of rotatable bonds is 9. The zero-order valence-electron chi connectivity index (χ0n) is 16.3. The highest BCUT2D eigenvalue weighted by Gasteiger charge is 2.23. The number of anilines is 1. The van der Waals surface area contributed by atoms with E-state index in [0.717, 1.165) is 45.2 Å². The summed E-state index contributed by atoms with van der Waals surface area (Å²) in [6, 6.07) is 5.51. The second kappa shape index (κ2) is 11.1. The van der Waals surface area contributed by atoms with Crippen molar-refractivity contribution in [2.24, 2.45) is 5.92 Å². The molecule has 3 N–H and O–H groups in total. The number of hydrogen-bond donors (Lipinski definition) is 3. The van der Waals surface area contributed by atoms with Crippen LogP contribution >= 0.6 is 12.4 Å².